The number of hydrogen-bond acceptors (Lipinski definition) is 7. The molecule has 0 spiro atoms. The lowest BCUT2D eigenvalue weighted by molar-refractivity contribution is 0.102. The van der Waals surface area contributed by atoms with Gasteiger partial charge in [-0.05, 0) is 67.8 Å². The molecule has 43 heavy (non-hydrogen) atoms. The summed E-state index contributed by atoms with van der Waals surface area (Å²) in [5.41, 5.74) is 2.63. The maximum atomic E-state index is 15.2. The number of nitrogens with zero attached hydrogens (tertiary/aromatic N) is 3. The highest BCUT2D eigenvalue weighted by Crippen LogP contribution is 2.35. The Morgan fingerprint density at radius 1 is 0.953 bits per heavy atom. The van der Waals surface area contributed by atoms with Gasteiger partial charge in [-0.2, -0.15) is 0 Å². The van der Waals surface area contributed by atoms with E-state index < -0.39 is 23.1 Å². The Labute approximate surface area is 245 Å². The zero-order valence-electron chi connectivity index (χ0n) is 24.1. The van der Waals surface area contributed by atoms with Crippen LogP contribution >= 0.6 is 0 Å². The summed E-state index contributed by atoms with van der Waals surface area (Å²) in [4.78, 5) is 35.7. The Kier molecular flexibility index (Phi) is 8.07. The van der Waals surface area contributed by atoms with Crippen LogP contribution in [0.1, 0.15) is 34.1 Å². The van der Waals surface area contributed by atoms with E-state index >= 15 is 4.39 Å². The van der Waals surface area contributed by atoms with Crippen LogP contribution < -0.4 is 25.1 Å². The molecule has 0 bridgehead atoms. The van der Waals surface area contributed by atoms with Crippen LogP contribution in [0.15, 0.2) is 65.6 Å². The number of anilines is 1. The molecule has 0 aliphatic heterocycles. The largest absolute Gasteiger partial charge is 0.491 e. The summed E-state index contributed by atoms with van der Waals surface area (Å²) < 4.78 is 46.6. The quantitative estimate of drug-likeness (QED) is 0.228. The number of ether oxygens (including phenoxy) is 3. The van der Waals surface area contributed by atoms with Crippen LogP contribution in [-0.2, 0) is 6.42 Å². The number of rotatable bonds is 8. The van der Waals surface area contributed by atoms with Crippen LogP contribution in [-0.4, -0.2) is 34.7 Å². The van der Waals surface area contributed by atoms with Crippen molar-refractivity contribution < 1.29 is 27.8 Å². The van der Waals surface area contributed by atoms with Gasteiger partial charge in [0.05, 0.1) is 19.7 Å². The maximum Gasteiger partial charge on any atom is 0.268 e. The fourth-order valence-electron chi connectivity index (χ4n) is 5.03. The van der Waals surface area contributed by atoms with Gasteiger partial charge in [-0.15, -0.1) is 0 Å². The number of amides is 1. The van der Waals surface area contributed by atoms with Crippen molar-refractivity contribution in [1.29, 1.82) is 0 Å². The second kappa shape index (κ2) is 11.9. The molecule has 2 aromatic carbocycles. The van der Waals surface area contributed by atoms with E-state index in [0.29, 0.717) is 40.1 Å². The molecular formula is C32H28F2N4O5. The molecule has 0 aliphatic rings. The Morgan fingerprint density at radius 2 is 1.70 bits per heavy atom. The van der Waals surface area contributed by atoms with Gasteiger partial charge in [-0.1, -0.05) is 6.92 Å². The van der Waals surface area contributed by atoms with E-state index in [9.17, 15) is 14.0 Å². The molecule has 5 rings (SSSR count). The molecule has 1 N–H and O–H groups in total. The average Bonchev–Trinajstić information content (AvgIpc) is 2.99. The number of hydrogen-bond donors (Lipinski definition) is 1. The molecule has 3 aromatic heterocycles. The van der Waals surface area contributed by atoms with Crippen molar-refractivity contribution in [3.05, 3.63) is 105 Å². The lowest BCUT2D eigenvalue weighted by Crippen LogP contribution is -2.32. The van der Waals surface area contributed by atoms with Gasteiger partial charge in [0.25, 0.3) is 17.3 Å². The number of fused-ring (bicyclic) bond motifs is 1. The molecule has 0 atom stereocenters. The van der Waals surface area contributed by atoms with Crippen molar-refractivity contribution in [2.24, 2.45) is 0 Å². The van der Waals surface area contributed by atoms with Crippen LogP contribution in [0.5, 0.6) is 23.1 Å². The Morgan fingerprint density at radius 3 is 2.35 bits per heavy atom. The van der Waals surface area contributed by atoms with E-state index in [1.807, 2.05) is 6.92 Å². The molecule has 0 fully saturated rings. The molecule has 5 aromatic rings. The summed E-state index contributed by atoms with van der Waals surface area (Å²) in [6.07, 6.45) is 2.04. The first-order valence-electron chi connectivity index (χ1n) is 13.3. The van der Waals surface area contributed by atoms with Gasteiger partial charge in [0.1, 0.15) is 16.9 Å². The maximum absolute atomic E-state index is 15.2. The van der Waals surface area contributed by atoms with E-state index in [1.54, 1.807) is 19.9 Å². The number of pyridine rings is 3. The molecule has 0 aliphatic carbocycles. The summed E-state index contributed by atoms with van der Waals surface area (Å²) in [6, 6.07) is 12.5. The molecule has 220 valence electrons. The lowest BCUT2D eigenvalue weighted by atomic mass is 9.99. The van der Waals surface area contributed by atoms with Crippen molar-refractivity contribution >= 4 is 22.6 Å². The predicted molar refractivity (Wildman–Crippen MR) is 158 cm³/mol. The summed E-state index contributed by atoms with van der Waals surface area (Å²) in [5, 5.41) is 2.63. The summed E-state index contributed by atoms with van der Waals surface area (Å²) in [7, 11) is 2.92. The minimum absolute atomic E-state index is 0.0915. The highest BCUT2D eigenvalue weighted by Gasteiger charge is 2.23. The summed E-state index contributed by atoms with van der Waals surface area (Å²) in [6.45, 7) is 5.39. The second-order valence-electron chi connectivity index (χ2n) is 9.61. The van der Waals surface area contributed by atoms with Crippen molar-refractivity contribution in [3.63, 3.8) is 0 Å². The van der Waals surface area contributed by atoms with Crippen LogP contribution in [0.4, 0.5) is 14.5 Å². The molecule has 0 saturated carbocycles. The van der Waals surface area contributed by atoms with Crippen molar-refractivity contribution in [3.8, 4) is 28.8 Å². The van der Waals surface area contributed by atoms with Gasteiger partial charge < -0.3 is 19.5 Å². The third-order valence-corrected chi connectivity index (χ3v) is 7.11. The van der Waals surface area contributed by atoms with E-state index in [4.69, 9.17) is 14.2 Å². The van der Waals surface area contributed by atoms with E-state index in [1.165, 1.54) is 67.4 Å². The van der Waals surface area contributed by atoms with Crippen LogP contribution in [0.2, 0.25) is 0 Å². The number of carbonyl (C=O) groups is 1. The molecule has 0 radical (unpaired) electrons. The third kappa shape index (κ3) is 5.49. The van der Waals surface area contributed by atoms with Crippen LogP contribution in [0.3, 0.4) is 0 Å². The lowest BCUT2D eigenvalue weighted by Gasteiger charge is -2.19. The highest BCUT2D eigenvalue weighted by atomic mass is 19.1. The molecule has 0 unspecified atom stereocenters. The van der Waals surface area contributed by atoms with Gasteiger partial charge >= 0.3 is 0 Å². The van der Waals surface area contributed by atoms with Crippen molar-refractivity contribution in [2.75, 3.05) is 19.5 Å². The molecule has 11 heteroatoms. The van der Waals surface area contributed by atoms with E-state index in [-0.39, 0.29) is 28.6 Å². The van der Waals surface area contributed by atoms with Crippen LogP contribution in [0, 0.1) is 25.5 Å². The van der Waals surface area contributed by atoms with E-state index in [2.05, 4.69) is 15.3 Å². The first-order chi connectivity index (χ1) is 20.7. The number of carbonyl (C=O) groups excluding carboxylic acids is 1. The SMILES string of the molecule is CCc1c(C)c(C(=O)Nc2ccc(Oc3ccnc4cc(OC)c(OC)nc34)c(F)c2)c(=O)n(-c2ccc(F)cc2)c1C. The number of nitrogens with one attached hydrogen (secondary N) is 1. The first kappa shape index (κ1) is 29.2. The van der Waals surface area contributed by atoms with Crippen molar-refractivity contribution in [1.82, 2.24) is 14.5 Å². The zero-order valence-corrected chi connectivity index (χ0v) is 24.1. The fraction of sp³-hybridized carbons (Fsp3) is 0.188. The van der Waals surface area contributed by atoms with Gasteiger partial charge in [-0.25, -0.2) is 13.8 Å². The number of aromatic nitrogens is 3. The number of halogens is 2. The minimum atomic E-state index is -0.762. The second-order valence-corrected chi connectivity index (χ2v) is 9.61. The monoisotopic (exact) mass is 586 g/mol. The molecule has 3 heterocycles. The highest BCUT2D eigenvalue weighted by molar-refractivity contribution is 6.05. The summed E-state index contributed by atoms with van der Waals surface area (Å²) in [5.74, 6) is -1.22. The van der Waals surface area contributed by atoms with Gasteiger partial charge in [0.2, 0.25) is 0 Å². The Balaban J connectivity index is 1.46. The predicted octanol–water partition coefficient (Wildman–Crippen LogP) is 6.30. The smallest absolute Gasteiger partial charge is 0.268 e. The average molecular weight is 587 g/mol. The Hall–Kier alpha value is -5.32. The van der Waals surface area contributed by atoms with Crippen LogP contribution in [0.25, 0.3) is 16.7 Å². The zero-order chi connectivity index (χ0) is 30.8. The van der Waals surface area contributed by atoms with Gasteiger partial charge in [-0.3, -0.25) is 19.1 Å². The number of methoxy groups -OCH3 is 2. The first-order valence-corrected chi connectivity index (χ1v) is 13.3. The third-order valence-electron chi connectivity index (χ3n) is 7.11. The van der Waals surface area contributed by atoms with Crippen molar-refractivity contribution in [2.45, 2.75) is 27.2 Å². The molecular weight excluding hydrogens is 558 g/mol. The normalized spacial score (nSPS) is 11.0. The number of benzene rings is 2. The molecule has 1 amide bonds. The topological polar surface area (TPSA) is 105 Å². The molecule has 0 saturated heterocycles. The minimum Gasteiger partial charge on any atom is -0.491 e. The fourth-order valence-corrected chi connectivity index (χ4v) is 5.03. The molecule has 9 nitrogen and oxygen atoms in total. The Bertz CT molecular complexity index is 1920. The standard InChI is InChI=1S/C32H28F2N4O5/c1-6-22-17(2)28(32(40)38(18(22)3)21-10-7-19(33)8-11-21)30(39)36-20-9-12-25(23(34)15-20)43-26-13-14-35-24-16-27(41-4)31(42-5)37-29(24)26/h7-16H,6H2,1-5H3,(H,36,39). The summed E-state index contributed by atoms with van der Waals surface area (Å²) >= 11 is 0. The van der Waals surface area contributed by atoms with E-state index in [0.717, 1.165) is 11.6 Å². The van der Waals surface area contributed by atoms with Gasteiger partial charge in [0, 0.05) is 41.5 Å². The van der Waals surface area contributed by atoms with Gasteiger partial charge in [0.15, 0.2) is 23.1 Å².